The molecule has 2 unspecified atom stereocenters. The van der Waals surface area contributed by atoms with Crippen LogP contribution in [-0.2, 0) is 12.8 Å². The van der Waals surface area contributed by atoms with Crippen LogP contribution >= 0.6 is 0 Å². The highest BCUT2D eigenvalue weighted by atomic mass is 16.3. The molecule has 3 aliphatic rings. The molecule has 0 spiro atoms. The summed E-state index contributed by atoms with van der Waals surface area (Å²) in [4.78, 5) is 7.58. The molecule has 0 aromatic heterocycles. The van der Waals surface area contributed by atoms with Crippen molar-refractivity contribution in [2.24, 2.45) is 4.99 Å². The Morgan fingerprint density at radius 2 is 1.78 bits per heavy atom. The van der Waals surface area contributed by atoms with E-state index in [2.05, 4.69) is 72.6 Å². The molecular formula is C37H43N3O. The van der Waals surface area contributed by atoms with Gasteiger partial charge in [0.1, 0.15) is 5.75 Å². The van der Waals surface area contributed by atoms with Crippen molar-refractivity contribution in [3.63, 3.8) is 0 Å². The molecule has 0 bridgehead atoms. The summed E-state index contributed by atoms with van der Waals surface area (Å²) in [6.07, 6.45) is 14.9. The Kier molecular flexibility index (Phi) is 8.48. The van der Waals surface area contributed by atoms with Gasteiger partial charge < -0.3 is 15.4 Å². The molecule has 3 aromatic carbocycles. The fourth-order valence-electron chi connectivity index (χ4n) is 7.06. The van der Waals surface area contributed by atoms with E-state index >= 15 is 0 Å². The van der Waals surface area contributed by atoms with Gasteiger partial charge in [-0.05, 0) is 123 Å². The van der Waals surface area contributed by atoms with Crippen molar-refractivity contribution in [2.45, 2.75) is 76.0 Å². The molecule has 3 aromatic rings. The normalized spacial score (nSPS) is 21.1. The molecule has 4 heteroatoms. The van der Waals surface area contributed by atoms with Crippen LogP contribution in [0.3, 0.4) is 0 Å². The van der Waals surface area contributed by atoms with Crippen LogP contribution in [0, 0.1) is 5.41 Å². The lowest BCUT2D eigenvalue weighted by Crippen LogP contribution is -2.30. The number of hydrogen-bond donors (Lipinski definition) is 2. The van der Waals surface area contributed by atoms with Crippen molar-refractivity contribution in [2.75, 3.05) is 20.1 Å². The van der Waals surface area contributed by atoms with Crippen molar-refractivity contribution in [3.05, 3.63) is 111 Å². The SMILES string of the molecule is CN1CCCCC(c2ccc(C(=N)CC3=CCC=c4ccc(O)c(CC5CCCc6ccccc65)c4=N3)cc2)CC1. The summed E-state index contributed by atoms with van der Waals surface area (Å²) in [5.74, 6) is 1.32. The van der Waals surface area contributed by atoms with Crippen LogP contribution in [-0.4, -0.2) is 35.9 Å². The maximum atomic E-state index is 11.0. The van der Waals surface area contributed by atoms with Gasteiger partial charge in [-0.2, -0.15) is 0 Å². The van der Waals surface area contributed by atoms with Crippen LogP contribution < -0.4 is 10.6 Å². The first-order chi connectivity index (χ1) is 20.0. The molecule has 2 N–H and O–H groups in total. The number of benzene rings is 3. The monoisotopic (exact) mass is 545 g/mol. The molecule has 1 saturated heterocycles. The minimum absolute atomic E-state index is 0.330. The maximum absolute atomic E-state index is 11.0. The first-order valence-corrected chi connectivity index (χ1v) is 15.6. The van der Waals surface area contributed by atoms with E-state index in [-0.39, 0.29) is 0 Å². The van der Waals surface area contributed by atoms with Gasteiger partial charge in [-0.1, -0.05) is 67.1 Å². The lowest BCUT2D eigenvalue weighted by molar-refractivity contribution is 0.283. The number of fused-ring (bicyclic) bond motifs is 2. The zero-order chi connectivity index (χ0) is 28.2. The van der Waals surface area contributed by atoms with Crippen molar-refractivity contribution >= 4 is 11.8 Å². The number of likely N-dealkylation sites (tertiary alicyclic amines) is 1. The molecule has 0 saturated carbocycles. The molecular weight excluding hydrogens is 502 g/mol. The van der Waals surface area contributed by atoms with Gasteiger partial charge in [-0.15, -0.1) is 0 Å². The number of aryl methyl sites for hydroxylation is 1. The van der Waals surface area contributed by atoms with Gasteiger partial charge in [0.25, 0.3) is 0 Å². The number of rotatable bonds is 6. The molecule has 212 valence electrons. The molecule has 6 rings (SSSR count). The summed E-state index contributed by atoms with van der Waals surface area (Å²) >= 11 is 0. The molecule has 2 heterocycles. The summed E-state index contributed by atoms with van der Waals surface area (Å²) < 4.78 is 0. The largest absolute Gasteiger partial charge is 0.508 e. The minimum atomic E-state index is 0.330. The zero-order valence-electron chi connectivity index (χ0n) is 24.4. The molecule has 1 aliphatic carbocycles. The van der Waals surface area contributed by atoms with Crippen LogP contribution in [0.4, 0.5) is 0 Å². The number of phenolic OH excluding ortho intramolecular Hbond substituents is 1. The lowest BCUT2D eigenvalue weighted by atomic mass is 9.79. The second-order valence-electron chi connectivity index (χ2n) is 12.3. The number of nitrogens with zero attached hydrogens (tertiary/aromatic N) is 2. The number of phenols is 1. The smallest absolute Gasteiger partial charge is 0.120 e. The minimum Gasteiger partial charge on any atom is -0.508 e. The molecule has 41 heavy (non-hydrogen) atoms. The quantitative estimate of drug-likeness (QED) is 0.335. The average molecular weight is 546 g/mol. The highest BCUT2D eigenvalue weighted by Gasteiger charge is 2.23. The van der Waals surface area contributed by atoms with Crippen LogP contribution in [0.1, 0.15) is 91.0 Å². The van der Waals surface area contributed by atoms with Gasteiger partial charge in [0.2, 0.25) is 0 Å². The van der Waals surface area contributed by atoms with Crippen molar-refractivity contribution in [1.82, 2.24) is 4.90 Å². The fraction of sp³-hybridized carbons (Fsp3) is 0.405. The third-order valence-electron chi connectivity index (χ3n) is 9.47. The molecule has 0 amide bonds. The van der Waals surface area contributed by atoms with E-state index in [9.17, 15) is 5.11 Å². The van der Waals surface area contributed by atoms with Crippen LogP contribution in [0.2, 0.25) is 0 Å². The molecule has 2 atom stereocenters. The van der Waals surface area contributed by atoms with Crippen molar-refractivity contribution in [3.8, 4) is 5.75 Å². The van der Waals surface area contributed by atoms with Gasteiger partial charge in [0.15, 0.2) is 0 Å². The summed E-state index contributed by atoms with van der Waals surface area (Å²) in [6.45, 7) is 2.36. The van der Waals surface area contributed by atoms with Crippen LogP contribution in [0.5, 0.6) is 5.75 Å². The maximum Gasteiger partial charge on any atom is 0.120 e. The van der Waals surface area contributed by atoms with Crippen molar-refractivity contribution in [1.29, 1.82) is 5.41 Å². The molecule has 0 radical (unpaired) electrons. The van der Waals surface area contributed by atoms with E-state index in [1.807, 2.05) is 12.1 Å². The Morgan fingerprint density at radius 1 is 0.927 bits per heavy atom. The second-order valence-corrected chi connectivity index (χ2v) is 12.3. The third kappa shape index (κ3) is 6.38. The van der Waals surface area contributed by atoms with E-state index < -0.39 is 0 Å². The van der Waals surface area contributed by atoms with Crippen molar-refractivity contribution < 1.29 is 5.11 Å². The van der Waals surface area contributed by atoms with E-state index in [0.717, 1.165) is 59.6 Å². The number of nitrogens with one attached hydrogen (secondary N) is 1. The first-order valence-electron chi connectivity index (χ1n) is 15.6. The summed E-state index contributed by atoms with van der Waals surface area (Å²) in [5, 5.41) is 21.9. The highest BCUT2D eigenvalue weighted by Crippen LogP contribution is 2.35. The van der Waals surface area contributed by atoms with E-state index in [1.54, 1.807) is 0 Å². The topological polar surface area (TPSA) is 59.7 Å². The standard InChI is InChI=1S/C37H43N3O/c1-40-22-5-4-8-26(21-23-40)27-15-17-29(18-16-27)35(38)25-32-13-7-11-30-19-20-36(41)34(37(30)39-32)24-31-12-6-10-28-9-2-3-14-33(28)31/h2-3,9,11,13-20,26,31,38,41H,4-8,10,12,21-25H2,1H3. The van der Waals surface area contributed by atoms with Gasteiger partial charge in [-0.3, -0.25) is 4.99 Å². The predicted octanol–water partition coefficient (Wildman–Crippen LogP) is 6.79. The highest BCUT2D eigenvalue weighted by molar-refractivity contribution is 5.99. The molecule has 2 aliphatic heterocycles. The number of aromatic hydroxyl groups is 1. The molecule has 1 fully saturated rings. The summed E-state index contributed by atoms with van der Waals surface area (Å²) in [7, 11) is 2.23. The number of allylic oxidation sites excluding steroid dienone is 2. The fourth-order valence-corrected chi connectivity index (χ4v) is 7.06. The summed E-state index contributed by atoms with van der Waals surface area (Å²) in [6, 6.07) is 21.4. The Morgan fingerprint density at radius 3 is 2.66 bits per heavy atom. The Balaban J connectivity index is 1.21. The van der Waals surface area contributed by atoms with Crippen LogP contribution in [0.25, 0.3) is 6.08 Å². The van der Waals surface area contributed by atoms with Gasteiger partial charge in [0.05, 0.1) is 5.36 Å². The van der Waals surface area contributed by atoms with Gasteiger partial charge in [0, 0.05) is 23.4 Å². The second kappa shape index (κ2) is 12.6. The van der Waals surface area contributed by atoms with E-state index in [4.69, 9.17) is 10.4 Å². The first kappa shape index (κ1) is 27.7. The average Bonchev–Trinajstić information content (AvgIpc) is 3.19. The Hall–Kier alpha value is -3.50. The molecule has 4 nitrogen and oxygen atoms in total. The zero-order valence-corrected chi connectivity index (χ0v) is 24.4. The summed E-state index contributed by atoms with van der Waals surface area (Å²) in [5.41, 5.74) is 7.67. The lowest BCUT2D eigenvalue weighted by Gasteiger charge is -2.26. The van der Waals surface area contributed by atoms with Gasteiger partial charge in [-0.25, -0.2) is 0 Å². The van der Waals surface area contributed by atoms with Gasteiger partial charge >= 0.3 is 0 Å². The third-order valence-corrected chi connectivity index (χ3v) is 9.47. The van der Waals surface area contributed by atoms with Crippen LogP contribution in [0.15, 0.2) is 77.4 Å². The number of hydrogen-bond acceptors (Lipinski definition) is 4. The Bertz CT molecular complexity index is 1550. The predicted molar refractivity (Wildman–Crippen MR) is 168 cm³/mol. The van der Waals surface area contributed by atoms with E-state index in [0.29, 0.717) is 29.7 Å². The van der Waals surface area contributed by atoms with E-state index in [1.165, 1.54) is 55.3 Å². The Labute approximate surface area is 244 Å².